The Morgan fingerprint density at radius 1 is 1.29 bits per heavy atom. The number of hydrogen-bond donors (Lipinski definition) is 1. The summed E-state index contributed by atoms with van der Waals surface area (Å²) < 4.78 is 6.16. The van der Waals surface area contributed by atoms with Crippen LogP contribution in [0, 0.1) is 11.8 Å². The molecule has 0 aromatic heterocycles. The molecule has 3 aliphatic rings. The van der Waals surface area contributed by atoms with E-state index in [9.17, 15) is 0 Å². The lowest BCUT2D eigenvalue weighted by Crippen LogP contribution is -3.14. The molecule has 17 heavy (non-hydrogen) atoms. The van der Waals surface area contributed by atoms with Crippen molar-refractivity contribution in [2.24, 2.45) is 11.8 Å². The summed E-state index contributed by atoms with van der Waals surface area (Å²) in [5.41, 5.74) is 1.60. The third-order valence-electron chi connectivity index (χ3n) is 4.99. The van der Waals surface area contributed by atoms with Crippen molar-refractivity contribution < 1.29 is 9.64 Å². The van der Waals surface area contributed by atoms with Crippen LogP contribution in [-0.2, 0) is 4.74 Å². The van der Waals surface area contributed by atoms with Gasteiger partial charge in [0.2, 0.25) is 0 Å². The number of rotatable bonds is 2. The van der Waals surface area contributed by atoms with Crippen LogP contribution in [0.25, 0.3) is 0 Å². The molecule has 2 heteroatoms. The lowest BCUT2D eigenvalue weighted by Gasteiger charge is -2.41. The normalized spacial score (nSPS) is 38.9. The molecule has 1 aliphatic carbocycles. The van der Waals surface area contributed by atoms with E-state index in [1.54, 1.807) is 10.5 Å². The molecule has 2 saturated heterocycles. The third kappa shape index (κ3) is 2.58. The van der Waals surface area contributed by atoms with E-state index in [0.717, 1.165) is 18.4 Å². The Morgan fingerprint density at radius 3 is 2.94 bits per heavy atom. The second kappa shape index (κ2) is 5.11. The molecular formula is C15H26NO+. The van der Waals surface area contributed by atoms with E-state index >= 15 is 0 Å². The number of hydrogen-bond acceptors (Lipinski definition) is 1. The standard InChI is InChI=1S/C15H25NO/c1-12-5-6-13-9-14(12)15(17-11-13)10-16-7-3-2-4-8-16/h5,13-15H,2-4,6-11H2,1H3/p+1/t13-,14-,15-/m0/s1. The van der Waals surface area contributed by atoms with Crippen LogP contribution in [0.4, 0.5) is 0 Å². The smallest absolute Gasteiger partial charge is 0.113 e. The van der Waals surface area contributed by atoms with E-state index in [0.29, 0.717) is 6.10 Å². The van der Waals surface area contributed by atoms with Gasteiger partial charge < -0.3 is 9.64 Å². The SMILES string of the molecule is CC1=CC[C@@H]2CO[C@@H](C[NH+]3CCCCC3)[C@H]1C2. The highest BCUT2D eigenvalue weighted by atomic mass is 16.5. The zero-order valence-corrected chi connectivity index (χ0v) is 11.1. The van der Waals surface area contributed by atoms with Gasteiger partial charge in [0.15, 0.2) is 0 Å². The second-order valence-electron chi connectivity index (χ2n) is 6.28. The van der Waals surface area contributed by atoms with Gasteiger partial charge in [-0.25, -0.2) is 0 Å². The summed E-state index contributed by atoms with van der Waals surface area (Å²) in [6, 6.07) is 0. The minimum absolute atomic E-state index is 0.510. The van der Waals surface area contributed by atoms with E-state index in [1.165, 1.54) is 51.7 Å². The highest BCUT2D eigenvalue weighted by Crippen LogP contribution is 2.36. The third-order valence-corrected chi connectivity index (χ3v) is 4.99. The van der Waals surface area contributed by atoms with Gasteiger partial charge in [-0.1, -0.05) is 11.6 Å². The molecule has 3 atom stereocenters. The van der Waals surface area contributed by atoms with Crippen molar-refractivity contribution in [2.75, 3.05) is 26.2 Å². The monoisotopic (exact) mass is 236 g/mol. The highest BCUT2D eigenvalue weighted by molar-refractivity contribution is 5.12. The summed E-state index contributed by atoms with van der Waals surface area (Å²) in [5.74, 6) is 1.55. The molecule has 3 rings (SSSR count). The first-order chi connectivity index (χ1) is 8.33. The number of ether oxygens (including phenoxy) is 1. The summed E-state index contributed by atoms with van der Waals surface area (Å²) in [4.78, 5) is 1.79. The molecule has 96 valence electrons. The van der Waals surface area contributed by atoms with Crippen LogP contribution in [0.1, 0.15) is 39.0 Å². The Balaban J connectivity index is 1.62. The molecule has 1 N–H and O–H groups in total. The Hall–Kier alpha value is -0.340. The number of quaternary nitrogens is 1. The molecule has 2 bridgehead atoms. The van der Waals surface area contributed by atoms with Crippen LogP contribution in [0.2, 0.25) is 0 Å². The minimum Gasteiger partial charge on any atom is -0.371 e. The Kier molecular flexibility index (Phi) is 3.53. The van der Waals surface area contributed by atoms with Gasteiger partial charge in [0, 0.05) is 5.92 Å². The zero-order chi connectivity index (χ0) is 11.7. The first-order valence-corrected chi connectivity index (χ1v) is 7.45. The summed E-state index contributed by atoms with van der Waals surface area (Å²) in [6.07, 6.45) is 9.91. The fourth-order valence-electron chi connectivity index (χ4n) is 3.84. The van der Waals surface area contributed by atoms with Gasteiger partial charge in [-0.2, -0.15) is 0 Å². The van der Waals surface area contributed by atoms with Crippen LogP contribution in [0.15, 0.2) is 11.6 Å². The zero-order valence-electron chi connectivity index (χ0n) is 11.1. The van der Waals surface area contributed by atoms with E-state index < -0.39 is 0 Å². The number of piperidine rings is 1. The van der Waals surface area contributed by atoms with Gasteiger partial charge in [-0.05, 0) is 44.9 Å². The van der Waals surface area contributed by atoms with Gasteiger partial charge in [0.1, 0.15) is 12.6 Å². The molecule has 0 unspecified atom stereocenters. The topological polar surface area (TPSA) is 13.7 Å². The molecule has 2 aliphatic heterocycles. The summed E-state index contributed by atoms with van der Waals surface area (Å²) in [6.45, 7) is 7.33. The van der Waals surface area contributed by atoms with Crippen molar-refractivity contribution in [3.8, 4) is 0 Å². The predicted molar refractivity (Wildman–Crippen MR) is 69.1 cm³/mol. The lowest BCUT2D eigenvalue weighted by molar-refractivity contribution is -0.908. The van der Waals surface area contributed by atoms with Gasteiger partial charge in [0.05, 0.1) is 19.7 Å². The minimum atomic E-state index is 0.510. The molecule has 2 fully saturated rings. The number of nitrogens with one attached hydrogen (secondary N) is 1. The maximum absolute atomic E-state index is 6.16. The molecule has 0 spiro atoms. The number of allylic oxidation sites excluding steroid dienone is 1. The molecule has 2 heterocycles. The molecule has 0 saturated carbocycles. The van der Waals surface area contributed by atoms with Crippen LogP contribution in [0.5, 0.6) is 0 Å². The van der Waals surface area contributed by atoms with Crippen molar-refractivity contribution in [3.05, 3.63) is 11.6 Å². The molecule has 2 nitrogen and oxygen atoms in total. The van der Waals surface area contributed by atoms with E-state index in [2.05, 4.69) is 13.0 Å². The van der Waals surface area contributed by atoms with Crippen molar-refractivity contribution in [2.45, 2.75) is 45.1 Å². The fraction of sp³-hybridized carbons (Fsp3) is 0.867. The Bertz CT molecular complexity index is 293. The van der Waals surface area contributed by atoms with Crippen molar-refractivity contribution in [3.63, 3.8) is 0 Å². The lowest BCUT2D eigenvalue weighted by atomic mass is 9.77. The molecular weight excluding hydrogens is 210 g/mol. The quantitative estimate of drug-likeness (QED) is 0.716. The highest BCUT2D eigenvalue weighted by Gasteiger charge is 2.36. The van der Waals surface area contributed by atoms with E-state index in [4.69, 9.17) is 4.74 Å². The van der Waals surface area contributed by atoms with Crippen molar-refractivity contribution >= 4 is 0 Å². The van der Waals surface area contributed by atoms with Crippen LogP contribution in [0.3, 0.4) is 0 Å². The fourth-order valence-corrected chi connectivity index (χ4v) is 3.84. The van der Waals surface area contributed by atoms with Crippen molar-refractivity contribution in [1.29, 1.82) is 0 Å². The van der Waals surface area contributed by atoms with E-state index in [1.807, 2.05) is 0 Å². The summed E-state index contributed by atoms with van der Waals surface area (Å²) in [7, 11) is 0. The first kappa shape index (κ1) is 11.7. The molecule has 0 aromatic rings. The predicted octanol–water partition coefficient (Wildman–Crippen LogP) is 1.43. The summed E-state index contributed by atoms with van der Waals surface area (Å²) in [5, 5.41) is 0. The molecule has 0 aromatic carbocycles. The van der Waals surface area contributed by atoms with Gasteiger partial charge in [0.25, 0.3) is 0 Å². The van der Waals surface area contributed by atoms with E-state index in [-0.39, 0.29) is 0 Å². The molecule has 0 radical (unpaired) electrons. The Morgan fingerprint density at radius 2 is 2.12 bits per heavy atom. The van der Waals surface area contributed by atoms with Crippen molar-refractivity contribution in [1.82, 2.24) is 0 Å². The number of fused-ring (bicyclic) bond motifs is 2. The van der Waals surface area contributed by atoms with Gasteiger partial charge in [-0.15, -0.1) is 0 Å². The number of likely N-dealkylation sites (tertiary alicyclic amines) is 1. The molecule has 0 amide bonds. The van der Waals surface area contributed by atoms with Crippen LogP contribution in [-0.4, -0.2) is 32.3 Å². The maximum atomic E-state index is 6.16. The van der Waals surface area contributed by atoms with Crippen LogP contribution >= 0.6 is 0 Å². The largest absolute Gasteiger partial charge is 0.371 e. The van der Waals surface area contributed by atoms with Gasteiger partial charge in [-0.3, -0.25) is 0 Å². The Labute approximate surface area is 105 Å². The average Bonchev–Trinajstić information content (AvgIpc) is 2.38. The first-order valence-electron chi connectivity index (χ1n) is 7.45. The van der Waals surface area contributed by atoms with Crippen LogP contribution < -0.4 is 4.90 Å². The van der Waals surface area contributed by atoms with Gasteiger partial charge >= 0.3 is 0 Å². The second-order valence-corrected chi connectivity index (χ2v) is 6.28. The average molecular weight is 236 g/mol. The maximum Gasteiger partial charge on any atom is 0.113 e. The summed E-state index contributed by atoms with van der Waals surface area (Å²) >= 11 is 0.